The van der Waals surface area contributed by atoms with Crippen LogP contribution in [0.4, 0.5) is 0 Å². The number of rotatable bonds is 6. The first-order valence-electron chi connectivity index (χ1n) is 9.63. The summed E-state index contributed by atoms with van der Waals surface area (Å²) < 4.78 is 16.0. The zero-order valence-electron chi connectivity index (χ0n) is 17.1. The van der Waals surface area contributed by atoms with Gasteiger partial charge in [-0.05, 0) is 36.9 Å². The standard InChI is InChI=1S/C22H23N3O5/c1-4-6-17-19(22(27)29-5-2)18(15(11-23)20(24)30-17)14-9-12-7-8-13(28-3)10-16(12)25-21(14)26/h7-10,18H,4-6,24H2,1-3H3,(H,25,26). The molecule has 0 spiro atoms. The number of aromatic amines is 1. The summed E-state index contributed by atoms with van der Waals surface area (Å²) in [7, 11) is 1.54. The Morgan fingerprint density at radius 2 is 2.10 bits per heavy atom. The van der Waals surface area contributed by atoms with Gasteiger partial charge < -0.3 is 24.9 Å². The molecule has 30 heavy (non-hydrogen) atoms. The van der Waals surface area contributed by atoms with Gasteiger partial charge in [-0.3, -0.25) is 4.79 Å². The maximum absolute atomic E-state index is 13.0. The summed E-state index contributed by atoms with van der Waals surface area (Å²) >= 11 is 0. The van der Waals surface area contributed by atoms with Gasteiger partial charge in [0.1, 0.15) is 23.2 Å². The van der Waals surface area contributed by atoms with Crippen molar-refractivity contribution in [3.05, 3.63) is 63.0 Å². The minimum absolute atomic E-state index is 0.00346. The highest BCUT2D eigenvalue weighted by atomic mass is 16.5. The molecular weight excluding hydrogens is 386 g/mol. The molecule has 1 unspecified atom stereocenters. The van der Waals surface area contributed by atoms with E-state index in [1.54, 1.807) is 31.2 Å². The largest absolute Gasteiger partial charge is 0.497 e. The smallest absolute Gasteiger partial charge is 0.338 e. The Morgan fingerprint density at radius 1 is 1.33 bits per heavy atom. The number of nitrogens with one attached hydrogen (secondary N) is 1. The van der Waals surface area contributed by atoms with E-state index in [0.717, 1.165) is 0 Å². The van der Waals surface area contributed by atoms with Gasteiger partial charge >= 0.3 is 5.97 Å². The fourth-order valence-electron chi connectivity index (χ4n) is 3.51. The summed E-state index contributed by atoms with van der Waals surface area (Å²) in [5.74, 6) is -0.837. The molecule has 0 bridgehead atoms. The van der Waals surface area contributed by atoms with E-state index in [4.69, 9.17) is 19.9 Å². The molecule has 2 heterocycles. The van der Waals surface area contributed by atoms with E-state index in [9.17, 15) is 14.9 Å². The maximum atomic E-state index is 13.0. The Balaban J connectivity index is 2.28. The summed E-state index contributed by atoms with van der Waals surface area (Å²) in [6, 6.07) is 8.89. The second-order valence-electron chi connectivity index (χ2n) is 6.74. The molecular formula is C22H23N3O5. The molecule has 0 aliphatic carbocycles. The molecule has 1 aliphatic rings. The lowest BCUT2D eigenvalue weighted by molar-refractivity contribution is -0.139. The zero-order valence-corrected chi connectivity index (χ0v) is 17.1. The number of carbonyl (C=O) groups is 1. The lowest BCUT2D eigenvalue weighted by atomic mass is 9.82. The van der Waals surface area contributed by atoms with Gasteiger partial charge in [-0.15, -0.1) is 0 Å². The monoisotopic (exact) mass is 409 g/mol. The first kappa shape index (κ1) is 21.0. The predicted molar refractivity (Wildman–Crippen MR) is 110 cm³/mol. The minimum atomic E-state index is -0.986. The molecule has 8 nitrogen and oxygen atoms in total. The van der Waals surface area contributed by atoms with Crippen LogP contribution in [-0.2, 0) is 14.3 Å². The number of pyridine rings is 1. The first-order valence-corrected chi connectivity index (χ1v) is 9.63. The van der Waals surface area contributed by atoms with Gasteiger partial charge in [0.05, 0.1) is 30.7 Å². The first-order chi connectivity index (χ1) is 14.4. The fraction of sp³-hybridized carbons (Fsp3) is 0.318. The number of nitrogens with two attached hydrogens (primary N) is 1. The van der Waals surface area contributed by atoms with Crippen molar-refractivity contribution >= 4 is 16.9 Å². The van der Waals surface area contributed by atoms with Gasteiger partial charge in [-0.25, -0.2) is 4.79 Å². The summed E-state index contributed by atoms with van der Waals surface area (Å²) in [5.41, 5.74) is 6.46. The predicted octanol–water partition coefficient (Wildman–Crippen LogP) is 2.96. The van der Waals surface area contributed by atoms with Crippen molar-refractivity contribution in [3.63, 3.8) is 0 Å². The number of aromatic nitrogens is 1. The highest BCUT2D eigenvalue weighted by Crippen LogP contribution is 2.40. The lowest BCUT2D eigenvalue weighted by Gasteiger charge is -2.27. The van der Waals surface area contributed by atoms with E-state index in [1.165, 1.54) is 7.11 Å². The van der Waals surface area contributed by atoms with Crippen LogP contribution < -0.4 is 16.0 Å². The number of allylic oxidation sites excluding steroid dienone is 2. The molecule has 0 fully saturated rings. The average Bonchev–Trinajstić information content (AvgIpc) is 2.72. The quantitative estimate of drug-likeness (QED) is 0.702. The van der Waals surface area contributed by atoms with Crippen molar-refractivity contribution < 1.29 is 19.0 Å². The highest BCUT2D eigenvalue weighted by molar-refractivity contribution is 5.93. The molecule has 8 heteroatoms. The van der Waals surface area contributed by atoms with E-state index < -0.39 is 17.4 Å². The third kappa shape index (κ3) is 3.74. The molecule has 3 N–H and O–H groups in total. The number of methoxy groups -OCH3 is 1. The average molecular weight is 409 g/mol. The van der Waals surface area contributed by atoms with Crippen LogP contribution in [0.2, 0.25) is 0 Å². The van der Waals surface area contributed by atoms with Gasteiger partial charge in [-0.2, -0.15) is 5.26 Å². The number of esters is 1. The van der Waals surface area contributed by atoms with Crippen LogP contribution in [0.5, 0.6) is 5.75 Å². The number of hydrogen-bond donors (Lipinski definition) is 2. The van der Waals surface area contributed by atoms with Crippen molar-refractivity contribution in [1.82, 2.24) is 4.98 Å². The minimum Gasteiger partial charge on any atom is -0.497 e. The molecule has 0 radical (unpaired) electrons. The number of hydrogen-bond acceptors (Lipinski definition) is 7. The Bertz CT molecular complexity index is 1150. The van der Waals surface area contributed by atoms with Crippen LogP contribution in [0.15, 0.2) is 51.8 Å². The van der Waals surface area contributed by atoms with Crippen molar-refractivity contribution in [1.29, 1.82) is 5.26 Å². The molecule has 1 atom stereocenters. The fourth-order valence-corrected chi connectivity index (χ4v) is 3.51. The van der Waals surface area contributed by atoms with E-state index in [1.807, 2.05) is 13.0 Å². The van der Waals surface area contributed by atoms with Crippen LogP contribution >= 0.6 is 0 Å². The summed E-state index contributed by atoms with van der Waals surface area (Å²) in [6.45, 7) is 3.75. The number of nitriles is 1. The van der Waals surface area contributed by atoms with Gasteiger partial charge in [0.25, 0.3) is 5.56 Å². The van der Waals surface area contributed by atoms with Gasteiger partial charge in [0.15, 0.2) is 0 Å². The second-order valence-corrected chi connectivity index (χ2v) is 6.74. The van der Waals surface area contributed by atoms with Gasteiger partial charge in [0, 0.05) is 18.1 Å². The molecule has 156 valence electrons. The zero-order chi connectivity index (χ0) is 21.8. The number of benzene rings is 1. The van der Waals surface area contributed by atoms with Gasteiger partial charge in [0.2, 0.25) is 5.88 Å². The lowest BCUT2D eigenvalue weighted by Crippen LogP contribution is -2.29. The number of ether oxygens (including phenoxy) is 3. The molecule has 0 amide bonds. The molecule has 0 saturated carbocycles. The molecule has 2 aromatic rings. The SMILES string of the molecule is CCCC1=C(C(=O)OCC)C(c2cc3ccc(OC)cc3[nH]c2=O)C(C#N)=C(N)O1. The molecule has 1 aromatic carbocycles. The van der Waals surface area contributed by atoms with Crippen LogP contribution in [0.3, 0.4) is 0 Å². The third-order valence-electron chi connectivity index (χ3n) is 4.86. The van der Waals surface area contributed by atoms with Crippen LogP contribution in [-0.4, -0.2) is 24.7 Å². The normalized spacial score (nSPS) is 16.3. The van der Waals surface area contributed by atoms with E-state index in [0.29, 0.717) is 35.3 Å². The van der Waals surface area contributed by atoms with E-state index >= 15 is 0 Å². The molecule has 0 saturated heterocycles. The Labute approximate surface area is 173 Å². The maximum Gasteiger partial charge on any atom is 0.338 e. The Hall–Kier alpha value is -3.73. The van der Waals surface area contributed by atoms with Crippen molar-refractivity contribution in [2.75, 3.05) is 13.7 Å². The Morgan fingerprint density at radius 3 is 2.73 bits per heavy atom. The molecule has 3 rings (SSSR count). The van der Waals surface area contributed by atoms with Crippen molar-refractivity contribution in [2.24, 2.45) is 5.73 Å². The third-order valence-corrected chi connectivity index (χ3v) is 4.86. The number of H-pyrrole nitrogens is 1. The van der Waals surface area contributed by atoms with E-state index in [2.05, 4.69) is 4.98 Å². The topological polar surface area (TPSA) is 127 Å². The second kappa shape index (κ2) is 8.74. The number of fused-ring (bicyclic) bond motifs is 1. The van der Waals surface area contributed by atoms with Gasteiger partial charge in [-0.1, -0.05) is 6.92 Å². The van der Waals surface area contributed by atoms with Crippen LogP contribution in [0.25, 0.3) is 10.9 Å². The molecule has 1 aliphatic heterocycles. The van der Waals surface area contributed by atoms with Crippen LogP contribution in [0, 0.1) is 11.3 Å². The summed E-state index contributed by atoms with van der Waals surface area (Å²) in [6.07, 6.45) is 1.08. The summed E-state index contributed by atoms with van der Waals surface area (Å²) in [5, 5.41) is 10.5. The highest BCUT2D eigenvalue weighted by Gasteiger charge is 2.38. The Kier molecular flexibility index (Phi) is 6.11. The molecule has 1 aromatic heterocycles. The van der Waals surface area contributed by atoms with Crippen molar-refractivity contribution in [2.45, 2.75) is 32.6 Å². The number of carbonyl (C=O) groups excluding carboxylic acids is 1. The van der Waals surface area contributed by atoms with E-state index in [-0.39, 0.29) is 29.2 Å². The van der Waals surface area contributed by atoms with Crippen molar-refractivity contribution in [3.8, 4) is 11.8 Å². The summed E-state index contributed by atoms with van der Waals surface area (Å²) in [4.78, 5) is 28.6. The number of nitrogens with zero attached hydrogens (tertiary/aromatic N) is 1. The van der Waals surface area contributed by atoms with Crippen LogP contribution in [0.1, 0.15) is 38.2 Å².